The molecule has 1 aromatic heterocycles. The summed E-state index contributed by atoms with van der Waals surface area (Å²) in [6, 6.07) is 0. The second-order valence-electron chi connectivity index (χ2n) is 5.60. The lowest BCUT2D eigenvalue weighted by Crippen LogP contribution is -2.29. The second-order valence-corrected chi connectivity index (χ2v) is 6.04. The van der Waals surface area contributed by atoms with E-state index in [0.29, 0.717) is 16.1 Å². The minimum absolute atomic E-state index is 0.321. The molecule has 0 spiro atoms. The van der Waals surface area contributed by atoms with E-state index in [2.05, 4.69) is 28.7 Å². The highest BCUT2D eigenvalue weighted by molar-refractivity contribution is 7.80. The Hall–Kier alpha value is -1.23. The number of hydrogen-bond acceptors (Lipinski definition) is 4. The van der Waals surface area contributed by atoms with E-state index in [4.69, 9.17) is 18.0 Å². The molecule has 0 aromatic carbocycles. The topological polar surface area (TPSA) is 55.0 Å². The Labute approximate surface area is 114 Å². The Morgan fingerprint density at radius 3 is 2.72 bits per heavy atom. The van der Waals surface area contributed by atoms with Crippen molar-refractivity contribution in [3.63, 3.8) is 0 Å². The highest BCUT2D eigenvalue weighted by atomic mass is 32.1. The van der Waals surface area contributed by atoms with Crippen molar-refractivity contribution >= 4 is 23.0 Å². The fourth-order valence-electron chi connectivity index (χ4n) is 2.37. The summed E-state index contributed by atoms with van der Waals surface area (Å²) in [7, 11) is 0. The average molecular weight is 264 g/mol. The van der Waals surface area contributed by atoms with Gasteiger partial charge in [0.15, 0.2) is 5.82 Å². The molecule has 1 fully saturated rings. The molecule has 5 heteroatoms. The molecule has 0 bridgehead atoms. The summed E-state index contributed by atoms with van der Waals surface area (Å²) in [6.07, 6.45) is 6.90. The van der Waals surface area contributed by atoms with E-state index < -0.39 is 0 Å². The minimum Gasteiger partial charge on any atom is -0.388 e. The maximum Gasteiger partial charge on any atom is 0.157 e. The lowest BCUT2D eigenvalue weighted by atomic mass is 9.85. The highest BCUT2D eigenvalue weighted by Gasteiger charge is 2.25. The highest BCUT2D eigenvalue weighted by Crippen LogP contribution is 2.31. The van der Waals surface area contributed by atoms with Crippen molar-refractivity contribution in [2.24, 2.45) is 11.1 Å². The summed E-state index contributed by atoms with van der Waals surface area (Å²) < 4.78 is 0. The molecule has 18 heavy (non-hydrogen) atoms. The van der Waals surface area contributed by atoms with Crippen LogP contribution in [0.1, 0.15) is 38.8 Å². The normalized spacial score (nSPS) is 19.3. The number of rotatable bonds is 2. The van der Waals surface area contributed by atoms with Crippen LogP contribution in [-0.4, -0.2) is 28.0 Å². The molecule has 0 amide bonds. The van der Waals surface area contributed by atoms with Crippen LogP contribution < -0.4 is 10.6 Å². The molecule has 4 nitrogen and oxygen atoms in total. The first kappa shape index (κ1) is 13.2. The molecule has 0 aliphatic carbocycles. The van der Waals surface area contributed by atoms with Crippen LogP contribution in [0.5, 0.6) is 0 Å². The van der Waals surface area contributed by atoms with E-state index in [0.717, 1.165) is 25.3 Å². The van der Waals surface area contributed by atoms with Gasteiger partial charge >= 0.3 is 0 Å². The summed E-state index contributed by atoms with van der Waals surface area (Å²) in [5.41, 5.74) is 6.76. The molecule has 0 saturated carbocycles. The molecule has 2 rings (SSSR count). The van der Waals surface area contributed by atoms with Gasteiger partial charge in [0.25, 0.3) is 0 Å². The number of thiocarbonyl (C=S) groups is 1. The number of aromatic nitrogens is 2. The van der Waals surface area contributed by atoms with Gasteiger partial charge in [0, 0.05) is 25.5 Å². The Balaban J connectivity index is 2.24. The van der Waals surface area contributed by atoms with Gasteiger partial charge in [0.2, 0.25) is 0 Å². The van der Waals surface area contributed by atoms with Gasteiger partial charge < -0.3 is 10.6 Å². The molecule has 0 unspecified atom stereocenters. The largest absolute Gasteiger partial charge is 0.388 e. The quantitative estimate of drug-likeness (QED) is 0.829. The Bertz CT molecular complexity index is 444. The zero-order valence-corrected chi connectivity index (χ0v) is 11.8. The van der Waals surface area contributed by atoms with Crippen LogP contribution in [0.15, 0.2) is 12.4 Å². The van der Waals surface area contributed by atoms with E-state index in [1.165, 1.54) is 12.8 Å². The molecule has 2 heterocycles. The van der Waals surface area contributed by atoms with Crippen LogP contribution in [0.25, 0.3) is 0 Å². The molecule has 1 aromatic rings. The minimum atomic E-state index is 0.321. The van der Waals surface area contributed by atoms with E-state index in [-0.39, 0.29) is 0 Å². The zero-order valence-electron chi connectivity index (χ0n) is 11.0. The van der Waals surface area contributed by atoms with E-state index >= 15 is 0 Å². The summed E-state index contributed by atoms with van der Waals surface area (Å²) in [5, 5.41) is 0. The first-order valence-corrected chi connectivity index (χ1v) is 6.76. The van der Waals surface area contributed by atoms with Crippen LogP contribution in [0.3, 0.4) is 0 Å². The average Bonchev–Trinajstić information content (AvgIpc) is 2.50. The molecule has 1 aliphatic heterocycles. The molecule has 2 N–H and O–H groups in total. The van der Waals surface area contributed by atoms with E-state index in [1.807, 2.05) is 0 Å². The van der Waals surface area contributed by atoms with Crippen LogP contribution in [0.4, 0.5) is 5.82 Å². The third kappa shape index (κ3) is 2.96. The van der Waals surface area contributed by atoms with Crippen molar-refractivity contribution in [1.82, 2.24) is 9.97 Å². The molecule has 98 valence electrons. The maximum atomic E-state index is 5.72. The van der Waals surface area contributed by atoms with Crippen molar-refractivity contribution in [2.45, 2.75) is 33.1 Å². The van der Waals surface area contributed by atoms with Crippen molar-refractivity contribution in [3.8, 4) is 0 Å². The monoisotopic (exact) mass is 264 g/mol. The summed E-state index contributed by atoms with van der Waals surface area (Å²) >= 11 is 5.05. The smallest absolute Gasteiger partial charge is 0.157 e. The van der Waals surface area contributed by atoms with Gasteiger partial charge in [-0.1, -0.05) is 26.1 Å². The number of nitrogens with zero attached hydrogens (tertiary/aromatic N) is 3. The van der Waals surface area contributed by atoms with Crippen LogP contribution >= 0.6 is 12.2 Å². The molecule has 1 aliphatic rings. The van der Waals surface area contributed by atoms with Crippen molar-refractivity contribution in [2.75, 3.05) is 18.0 Å². The predicted molar refractivity (Wildman–Crippen MR) is 77.8 cm³/mol. The fourth-order valence-corrected chi connectivity index (χ4v) is 2.51. The van der Waals surface area contributed by atoms with Gasteiger partial charge in [-0.05, 0) is 24.7 Å². The van der Waals surface area contributed by atoms with E-state index in [9.17, 15) is 0 Å². The van der Waals surface area contributed by atoms with Gasteiger partial charge in [0.1, 0.15) is 10.7 Å². The van der Waals surface area contributed by atoms with Gasteiger partial charge in [-0.15, -0.1) is 0 Å². The SMILES string of the molecule is CC1(C)CCCN(c2nccnc2C(N)=S)CC1. The Morgan fingerprint density at radius 2 is 2.00 bits per heavy atom. The number of anilines is 1. The second kappa shape index (κ2) is 5.18. The van der Waals surface area contributed by atoms with Crippen molar-refractivity contribution in [3.05, 3.63) is 18.1 Å². The van der Waals surface area contributed by atoms with E-state index in [1.54, 1.807) is 12.4 Å². The standard InChI is InChI=1S/C13H20N4S/c1-13(2)4-3-8-17(9-5-13)12-10(11(14)18)15-6-7-16-12/h6-7H,3-5,8-9H2,1-2H3,(H2,14,18). The molecule has 0 radical (unpaired) electrons. The van der Waals surface area contributed by atoms with Crippen LogP contribution in [-0.2, 0) is 0 Å². The zero-order chi connectivity index (χ0) is 13.2. The van der Waals surface area contributed by atoms with Gasteiger partial charge in [-0.25, -0.2) is 9.97 Å². The fraction of sp³-hybridized carbons (Fsp3) is 0.615. The molecular formula is C13H20N4S. The van der Waals surface area contributed by atoms with Gasteiger partial charge in [-0.2, -0.15) is 0 Å². The molecule has 0 atom stereocenters. The summed E-state index contributed by atoms with van der Waals surface area (Å²) in [6.45, 7) is 6.63. The number of nitrogens with two attached hydrogens (primary N) is 1. The van der Waals surface area contributed by atoms with Crippen molar-refractivity contribution < 1.29 is 0 Å². The molecular weight excluding hydrogens is 244 g/mol. The summed E-state index contributed by atoms with van der Waals surface area (Å²) in [5.74, 6) is 0.836. The first-order chi connectivity index (χ1) is 8.49. The maximum absolute atomic E-state index is 5.72. The van der Waals surface area contributed by atoms with Crippen molar-refractivity contribution in [1.29, 1.82) is 0 Å². The predicted octanol–water partition coefficient (Wildman–Crippen LogP) is 2.13. The summed E-state index contributed by atoms with van der Waals surface area (Å²) in [4.78, 5) is 11.2. The lowest BCUT2D eigenvalue weighted by molar-refractivity contribution is 0.325. The third-order valence-corrected chi connectivity index (χ3v) is 3.75. The van der Waals surface area contributed by atoms with Gasteiger partial charge in [-0.3, -0.25) is 0 Å². The van der Waals surface area contributed by atoms with Crippen LogP contribution in [0, 0.1) is 5.41 Å². The van der Waals surface area contributed by atoms with Gasteiger partial charge in [0.05, 0.1) is 0 Å². The Kier molecular flexibility index (Phi) is 3.80. The number of hydrogen-bond donors (Lipinski definition) is 1. The lowest BCUT2D eigenvalue weighted by Gasteiger charge is -2.25. The molecule has 1 saturated heterocycles. The third-order valence-electron chi connectivity index (χ3n) is 3.55. The first-order valence-electron chi connectivity index (χ1n) is 6.35. The Morgan fingerprint density at radius 1 is 1.28 bits per heavy atom. The van der Waals surface area contributed by atoms with Crippen LogP contribution in [0.2, 0.25) is 0 Å².